The summed E-state index contributed by atoms with van der Waals surface area (Å²) in [6, 6.07) is 11.9. The molecule has 0 aliphatic heterocycles. The quantitative estimate of drug-likeness (QED) is 0.614. The van der Waals surface area contributed by atoms with Crippen LogP contribution in [0.2, 0.25) is 0 Å². The lowest BCUT2D eigenvalue weighted by Gasteiger charge is -2.19. The minimum absolute atomic E-state index is 0.0250. The van der Waals surface area contributed by atoms with Crippen LogP contribution in [-0.2, 0) is 11.2 Å². The van der Waals surface area contributed by atoms with Crippen LogP contribution in [0.15, 0.2) is 42.5 Å². The number of carbonyl (C=O) groups excluding carboxylic acids is 1. The Hall–Kier alpha value is -2.89. The molecule has 6 nitrogen and oxygen atoms in total. The van der Waals surface area contributed by atoms with Gasteiger partial charge in [-0.2, -0.15) is 0 Å². The van der Waals surface area contributed by atoms with Crippen molar-refractivity contribution in [2.24, 2.45) is 0 Å². The van der Waals surface area contributed by atoms with E-state index in [4.69, 9.17) is 4.74 Å². The fraction of sp³-hybridized carbons (Fsp3) is 0.316. The third kappa shape index (κ3) is 4.56. The first-order valence-corrected chi connectivity index (χ1v) is 8.12. The standard InChI is InChI=1S/C19H22N2O4/c1-4-16(14-9-10-18(25-3)13(2)11-14)20-19(22)12-15-7-5-6-8-17(15)21(23)24/h5-11,16H,4,12H2,1-3H3,(H,20,22)/t16-/m0/s1. The molecule has 0 bridgehead atoms. The topological polar surface area (TPSA) is 81.5 Å². The summed E-state index contributed by atoms with van der Waals surface area (Å²) in [5.41, 5.74) is 2.35. The van der Waals surface area contributed by atoms with E-state index in [1.807, 2.05) is 32.0 Å². The van der Waals surface area contributed by atoms with Crippen LogP contribution in [0.25, 0.3) is 0 Å². The lowest BCUT2D eigenvalue weighted by molar-refractivity contribution is -0.385. The Morgan fingerprint density at radius 2 is 2.00 bits per heavy atom. The van der Waals surface area contributed by atoms with Gasteiger partial charge in [0.05, 0.1) is 24.5 Å². The predicted octanol–water partition coefficient (Wildman–Crippen LogP) is 3.72. The van der Waals surface area contributed by atoms with E-state index < -0.39 is 4.92 Å². The van der Waals surface area contributed by atoms with E-state index in [-0.39, 0.29) is 24.1 Å². The number of amides is 1. The number of rotatable bonds is 7. The molecule has 0 aliphatic carbocycles. The zero-order valence-corrected chi connectivity index (χ0v) is 14.6. The van der Waals surface area contributed by atoms with Gasteiger partial charge in [-0.1, -0.05) is 37.3 Å². The van der Waals surface area contributed by atoms with Crippen molar-refractivity contribution in [2.45, 2.75) is 32.7 Å². The van der Waals surface area contributed by atoms with Crippen molar-refractivity contribution in [1.29, 1.82) is 0 Å². The zero-order chi connectivity index (χ0) is 18.4. The maximum atomic E-state index is 12.4. The van der Waals surface area contributed by atoms with Crippen molar-refractivity contribution in [1.82, 2.24) is 5.32 Å². The molecule has 6 heteroatoms. The number of hydrogen-bond acceptors (Lipinski definition) is 4. The van der Waals surface area contributed by atoms with Crippen molar-refractivity contribution >= 4 is 11.6 Å². The van der Waals surface area contributed by atoms with Crippen molar-refractivity contribution in [3.63, 3.8) is 0 Å². The summed E-state index contributed by atoms with van der Waals surface area (Å²) >= 11 is 0. The fourth-order valence-electron chi connectivity index (χ4n) is 2.80. The van der Waals surface area contributed by atoms with Crippen LogP contribution in [0.4, 0.5) is 5.69 Å². The molecule has 0 spiro atoms. The lowest BCUT2D eigenvalue weighted by Crippen LogP contribution is -2.29. The number of nitrogens with zero attached hydrogens (tertiary/aromatic N) is 1. The summed E-state index contributed by atoms with van der Waals surface area (Å²) in [5.74, 6) is 0.555. The van der Waals surface area contributed by atoms with Crippen LogP contribution in [0.3, 0.4) is 0 Å². The Balaban J connectivity index is 2.13. The molecule has 2 aromatic carbocycles. The van der Waals surface area contributed by atoms with Crippen LogP contribution >= 0.6 is 0 Å². The van der Waals surface area contributed by atoms with Crippen molar-refractivity contribution in [2.75, 3.05) is 7.11 Å². The third-order valence-corrected chi connectivity index (χ3v) is 4.10. The van der Waals surface area contributed by atoms with E-state index in [2.05, 4.69) is 5.32 Å². The number of carbonyl (C=O) groups is 1. The molecule has 25 heavy (non-hydrogen) atoms. The molecule has 0 radical (unpaired) electrons. The van der Waals surface area contributed by atoms with E-state index in [1.165, 1.54) is 6.07 Å². The highest BCUT2D eigenvalue weighted by atomic mass is 16.6. The van der Waals surface area contributed by atoms with Gasteiger partial charge in [-0.15, -0.1) is 0 Å². The summed E-state index contributed by atoms with van der Waals surface area (Å²) in [5, 5.41) is 14.0. The predicted molar refractivity (Wildman–Crippen MR) is 95.7 cm³/mol. The minimum Gasteiger partial charge on any atom is -0.496 e. The number of hydrogen-bond donors (Lipinski definition) is 1. The van der Waals surface area contributed by atoms with Gasteiger partial charge in [0.15, 0.2) is 0 Å². The highest BCUT2D eigenvalue weighted by molar-refractivity contribution is 5.80. The van der Waals surface area contributed by atoms with E-state index in [0.717, 1.165) is 16.9 Å². The number of ether oxygens (including phenoxy) is 1. The van der Waals surface area contributed by atoms with E-state index in [9.17, 15) is 14.9 Å². The normalized spacial score (nSPS) is 11.6. The molecular weight excluding hydrogens is 320 g/mol. The maximum absolute atomic E-state index is 12.4. The van der Waals surface area contributed by atoms with Crippen molar-refractivity contribution < 1.29 is 14.5 Å². The molecule has 1 atom stereocenters. The van der Waals surface area contributed by atoms with Crippen LogP contribution in [-0.4, -0.2) is 17.9 Å². The fourth-order valence-corrected chi connectivity index (χ4v) is 2.80. The van der Waals surface area contributed by atoms with Crippen molar-refractivity contribution in [3.05, 3.63) is 69.3 Å². The average Bonchev–Trinajstić information content (AvgIpc) is 2.59. The Morgan fingerprint density at radius 1 is 1.28 bits per heavy atom. The number of nitro benzene ring substituents is 1. The highest BCUT2D eigenvalue weighted by Gasteiger charge is 2.18. The number of benzene rings is 2. The first kappa shape index (κ1) is 18.4. The molecule has 2 aromatic rings. The SMILES string of the molecule is CC[C@H](NC(=O)Cc1ccccc1[N+](=O)[O-])c1ccc(OC)c(C)c1. The molecule has 0 aliphatic rings. The van der Waals surface area contributed by atoms with Gasteiger partial charge in [-0.3, -0.25) is 14.9 Å². The van der Waals surface area contributed by atoms with Crippen LogP contribution in [0, 0.1) is 17.0 Å². The Morgan fingerprint density at radius 3 is 2.60 bits per heavy atom. The Labute approximate surface area is 147 Å². The van der Waals surface area contributed by atoms with Gasteiger partial charge in [0.1, 0.15) is 5.75 Å². The molecule has 0 heterocycles. The number of aryl methyl sites for hydroxylation is 1. The summed E-state index contributed by atoms with van der Waals surface area (Å²) in [6.45, 7) is 3.93. The monoisotopic (exact) mass is 342 g/mol. The van der Waals surface area contributed by atoms with Crippen LogP contribution in [0.5, 0.6) is 5.75 Å². The number of para-hydroxylation sites is 1. The number of nitro groups is 1. The van der Waals surface area contributed by atoms with Crippen LogP contribution < -0.4 is 10.1 Å². The first-order chi connectivity index (χ1) is 12.0. The van der Waals surface area contributed by atoms with E-state index in [1.54, 1.807) is 25.3 Å². The summed E-state index contributed by atoms with van der Waals surface area (Å²) in [4.78, 5) is 23.0. The highest BCUT2D eigenvalue weighted by Crippen LogP contribution is 2.25. The number of methoxy groups -OCH3 is 1. The zero-order valence-electron chi connectivity index (χ0n) is 14.6. The molecule has 132 valence electrons. The molecule has 1 amide bonds. The van der Waals surface area contributed by atoms with Gasteiger partial charge >= 0.3 is 0 Å². The molecule has 0 aromatic heterocycles. The van der Waals surface area contributed by atoms with Gasteiger partial charge in [0.2, 0.25) is 5.91 Å². The lowest BCUT2D eigenvalue weighted by atomic mass is 10.0. The average molecular weight is 342 g/mol. The molecular formula is C19H22N2O4. The largest absolute Gasteiger partial charge is 0.496 e. The Kier molecular flexibility index (Phi) is 6.11. The van der Waals surface area contributed by atoms with E-state index >= 15 is 0 Å². The second-order valence-corrected chi connectivity index (χ2v) is 5.82. The molecule has 0 unspecified atom stereocenters. The minimum atomic E-state index is -0.466. The summed E-state index contributed by atoms with van der Waals surface area (Å²) in [6.07, 6.45) is 0.692. The summed E-state index contributed by atoms with van der Waals surface area (Å²) in [7, 11) is 1.62. The smallest absolute Gasteiger partial charge is 0.273 e. The molecule has 0 fully saturated rings. The molecule has 0 saturated carbocycles. The number of nitrogens with one attached hydrogen (secondary N) is 1. The Bertz CT molecular complexity index is 774. The van der Waals surface area contributed by atoms with Gasteiger partial charge in [-0.05, 0) is 30.5 Å². The van der Waals surface area contributed by atoms with Crippen molar-refractivity contribution in [3.8, 4) is 5.75 Å². The van der Waals surface area contributed by atoms with Crippen LogP contribution in [0.1, 0.15) is 36.1 Å². The van der Waals surface area contributed by atoms with Gasteiger partial charge in [0, 0.05) is 11.6 Å². The second-order valence-electron chi connectivity index (χ2n) is 5.82. The van der Waals surface area contributed by atoms with E-state index in [0.29, 0.717) is 12.0 Å². The van der Waals surface area contributed by atoms with Gasteiger partial charge in [0.25, 0.3) is 5.69 Å². The molecule has 1 N–H and O–H groups in total. The third-order valence-electron chi connectivity index (χ3n) is 4.10. The summed E-state index contributed by atoms with van der Waals surface area (Å²) < 4.78 is 5.26. The first-order valence-electron chi connectivity index (χ1n) is 8.12. The van der Waals surface area contributed by atoms with Gasteiger partial charge < -0.3 is 10.1 Å². The van der Waals surface area contributed by atoms with Gasteiger partial charge in [-0.25, -0.2) is 0 Å². The maximum Gasteiger partial charge on any atom is 0.273 e. The second kappa shape index (κ2) is 8.28. The molecule has 2 rings (SSSR count). The molecule has 0 saturated heterocycles.